The summed E-state index contributed by atoms with van der Waals surface area (Å²) in [6.07, 6.45) is 0. The molecule has 0 atom stereocenters. The molecule has 4 aromatic rings. The highest BCUT2D eigenvalue weighted by atomic mass is 35.5. The smallest absolute Gasteiger partial charge is 0.0453 e. The standard InChI is InChI=1S/C27H21Cl/c1-27(2)23-15-9-8-14-22(23)25-21(16-17-24(28)26(25)27)20-13-7-6-12-19(20)18-10-4-3-5-11-18/h3-17H,1-2H3. The molecule has 1 aliphatic rings. The van der Waals surface area contributed by atoms with Gasteiger partial charge in [0.05, 0.1) is 0 Å². The van der Waals surface area contributed by atoms with Gasteiger partial charge in [0.15, 0.2) is 0 Å². The lowest BCUT2D eigenvalue weighted by atomic mass is 9.81. The van der Waals surface area contributed by atoms with E-state index in [1.54, 1.807) is 0 Å². The zero-order valence-electron chi connectivity index (χ0n) is 16.0. The maximum absolute atomic E-state index is 6.76. The van der Waals surface area contributed by atoms with Crippen LogP contribution in [0.3, 0.4) is 0 Å². The van der Waals surface area contributed by atoms with E-state index in [0.717, 1.165) is 5.02 Å². The van der Waals surface area contributed by atoms with Crippen LogP contribution in [0.4, 0.5) is 0 Å². The first-order chi connectivity index (χ1) is 13.6. The van der Waals surface area contributed by atoms with Gasteiger partial charge in [-0.05, 0) is 50.6 Å². The summed E-state index contributed by atoms with van der Waals surface area (Å²) in [6.45, 7) is 4.55. The van der Waals surface area contributed by atoms with E-state index in [-0.39, 0.29) is 5.41 Å². The molecule has 1 aliphatic carbocycles. The van der Waals surface area contributed by atoms with Crippen LogP contribution < -0.4 is 0 Å². The van der Waals surface area contributed by atoms with E-state index in [1.807, 2.05) is 0 Å². The molecule has 0 fully saturated rings. The lowest BCUT2D eigenvalue weighted by Crippen LogP contribution is -2.15. The summed E-state index contributed by atoms with van der Waals surface area (Å²) in [5, 5.41) is 0.845. The zero-order valence-corrected chi connectivity index (χ0v) is 16.8. The Morgan fingerprint density at radius 2 is 1.18 bits per heavy atom. The second-order valence-corrected chi connectivity index (χ2v) is 8.33. The Bertz CT molecular complexity index is 1190. The van der Waals surface area contributed by atoms with Crippen LogP contribution in [0.1, 0.15) is 25.0 Å². The molecule has 0 N–H and O–H groups in total. The third-order valence-electron chi connectivity index (χ3n) is 5.95. The maximum Gasteiger partial charge on any atom is 0.0453 e. The lowest BCUT2D eigenvalue weighted by molar-refractivity contribution is 0.661. The number of hydrogen-bond donors (Lipinski definition) is 0. The van der Waals surface area contributed by atoms with E-state index < -0.39 is 0 Å². The molecule has 136 valence electrons. The number of hydrogen-bond acceptors (Lipinski definition) is 0. The van der Waals surface area contributed by atoms with Crippen LogP contribution in [0.25, 0.3) is 33.4 Å². The molecule has 0 nitrogen and oxygen atoms in total. The van der Waals surface area contributed by atoms with Crippen LogP contribution in [0.2, 0.25) is 5.02 Å². The first kappa shape index (κ1) is 17.3. The molecule has 0 amide bonds. The average Bonchev–Trinajstić information content (AvgIpc) is 2.98. The van der Waals surface area contributed by atoms with Crippen LogP contribution in [-0.4, -0.2) is 0 Å². The summed E-state index contributed by atoms with van der Waals surface area (Å²) in [4.78, 5) is 0. The molecule has 0 heterocycles. The molecule has 0 aliphatic heterocycles. The molecule has 0 unspecified atom stereocenters. The van der Waals surface area contributed by atoms with Gasteiger partial charge in [0.1, 0.15) is 0 Å². The molecule has 0 spiro atoms. The lowest BCUT2D eigenvalue weighted by Gasteiger charge is -2.23. The van der Waals surface area contributed by atoms with Crippen molar-refractivity contribution >= 4 is 11.6 Å². The Hall–Kier alpha value is -2.83. The Morgan fingerprint density at radius 1 is 0.571 bits per heavy atom. The minimum Gasteiger partial charge on any atom is -0.0840 e. The fraction of sp³-hybridized carbons (Fsp3) is 0.111. The van der Waals surface area contributed by atoms with Crippen molar-refractivity contribution in [3.63, 3.8) is 0 Å². The van der Waals surface area contributed by atoms with Crippen molar-refractivity contribution in [2.24, 2.45) is 0 Å². The molecule has 0 saturated heterocycles. The van der Waals surface area contributed by atoms with Crippen molar-refractivity contribution in [3.05, 3.63) is 107 Å². The first-order valence-corrected chi connectivity index (χ1v) is 10.0. The molecule has 0 radical (unpaired) electrons. The Morgan fingerprint density at radius 3 is 1.93 bits per heavy atom. The average molecular weight is 381 g/mol. The molecule has 1 heteroatoms. The third-order valence-corrected chi connectivity index (χ3v) is 6.27. The predicted octanol–water partition coefficient (Wildman–Crippen LogP) is 7.98. The Balaban J connectivity index is 1.85. The van der Waals surface area contributed by atoms with Gasteiger partial charge >= 0.3 is 0 Å². The Kier molecular flexibility index (Phi) is 3.92. The molecule has 0 saturated carbocycles. The van der Waals surface area contributed by atoms with Gasteiger partial charge in [0, 0.05) is 10.4 Å². The van der Waals surface area contributed by atoms with E-state index in [4.69, 9.17) is 11.6 Å². The highest BCUT2D eigenvalue weighted by Gasteiger charge is 2.38. The van der Waals surface area contributed by atoms with Gasteiger partial charge in [-0.3, -0.25) is 0 Å². The second-order valence-electron chi connectivity index (χ2n) is 7.93. The van der Waals surface area contributed by atoms with Crippen molar-refractivity contribution < 1.29 is 0 Å². The summed E-state index contributed by atoms with van der Waals surface area (Å²) in [5.41, 5.74) is 10.0. The summed E-state index contributed by atoms with van der Waals surface area (Å²) in [7, 11) is 0. The SMILES string of the molecule is CC1(C)c2ccccc2-c2c(-c3ccccc3-c3ccccc3)ccc(Cl)c21. The Labute approximate surface area is 171 Å². The van der Waals surface area contributed by atoms with Gasteiger partial charge in [-0.1, -0.05) is 110 Å². The van der Waals surface area contributed by atoms with E-state index in [9.17, 15) is 0 Å². The minimum atomic E-state index is -0.110. The van der Waals surface area contributed by atoms with Crippen molar-refractivity contribution in [2.75, 3.05) is 0 Å². The highest BCUT2D eigenvalue weighted by molar-refractivity contribution is 6.32. The molecular formula is C27H21Cl. The molecule has 28 heavy (non-hydrogen) atoms. The van der Waals surface area contributed by atoms with E-state index in [1.165, 1.54) is 44.5 Å². The monoisotopic (exact) mass is 380 g/mol. The fourth-order valence-corrected chi connectivity index (χ4v) is 5.05. The summed E-state index contributed by atoms with van der Waals surface area (Å²) in [5.74, 6) is 0. The molecule has 0 bridgehead atoms. The second kappa shape index (κ2) is 6.36. The molecular weight excluding hydrogens is 360 g/mol. The van der Waals surface area contributed by atoms with Gasteiger partial charge in [-0.25, -0.2) is 0 Å². The van der Waals surface area contributed by atoms with Crippen molar-refractivity contribution in [2.45, 2.75) is 19.3 Å². The first-order valence-electron chi connectivity index (χ1n) is 9.67. The van der Waals surface area contributed by atoms with Gasteiger partial charge in [-0.2, -0.15) is 0 Å². The topological polar surface area (TPSA) is 0 Å². The number of halogens is 1. The van der Waals surface area contributed by atoms with Gasteiger partial charge in [-0.15, -0.1) is 0 Å². The van der Waals surface area contributed by atoms with E-state index in [0.29, 0.717) is 0 Å². The van der Waals surface area contributed by atoms with Crippen LogP contribution in [0.15, 0.2) is 91.0 Å². The van der Waals surface area contributed by atoms with E-state index in [2.05, 4.69) is 105 Å². The third kappa shape index (κ3) is 2.45. The number of rotatable bonds is 2. The number of benzene rings is 4. The van der Waals surface area contributed by atoms with Crippen LogP contribution >= 0.6 is 11.6 Å². The van der Waals surface area contributed by atoms with Crippen molar-refractivity contribution in [3.8, 4) is 33.4 Å². The minimum absolute atomic E-state index is 0.110. The highest BCUT2D eigenvalue weighted by Crippen LogP contribution is 2.55. The summed E-state index contributed by atoms with van der Waals surface area (Å²) >= 11 is 6.76. The van der Waals surface area contributed by atoms with Gasteiger partial charge < -0.3 is 0 Å². The quantitative estimate of drug-likeness (QED) is 0.330. The van der Waals surface area contributed by atoms with E-state index >= 15 is 0 Å². The van der Waals surface area contributed by atoms with Crippen molar-refractivity contribution in [1.29, 1.82) is 0 Å². The van der Waals surface area contributed by atoms with Crippen LogP contribution in [0, 0.1) is 0 Å². The van der Waals surface area contributed by atoms with Crippen molar-refractivity contribution in [1.82, 2.24) is 0 Å². The maximum atomic E-state index is 6.76. The predicted molar refractivity (Wildman–Crippen MR) is 120 cm³/mol. The normalized spacial score (nSPS) is 13.8. The molecule has 0 aromatic heterocycles. The zero-order chi connectivity index (χ0) is 19.3. The van der Waals surface area contributed by atoms with Crippen LogP contribution in [0.5, 0.6) is 0 Å². The van der Waals surface area contributed by atoms with Crippen LogP contribution in [-0.2, 0) is 5.41 Å². The van der Waals surface area contributed by atoms with Gasteiger partial charge in [0.25, 0.3) is 0 Å². The molecule has 4 aromatic carbocycles. The molecule has 5 rings (SSSR count). The number of fused-ring (bicyclic) bond motifs is 3. The summed E-state index contributed by atoms with van der Waals surface area (Å²) in [6, 6.07) is 32.2. The fourth-order valence-electron chi connectivity index (χ4n) is 4.66. The largest absolute Gasteiger partial charge is 0.0840 e. The summed E-state index contributed by atoms with van der Waals surface area (Å²) < 4.78 is 0. The van der Waals surface area contributed by atoms with Gasteiger partial charge in [0.2, 0.25) is 0 Å².